The molecular formula is C12H25N7. The molecule has 1 rings (SSSR count). The highest BCUT2D eigenvalue weighted by Gasteiger charge is 2.20. The molecule has 0 saturated carbocycles. The van der Waals surface area contributed by atoms with Gasteiger partial charge in [0.1, 0.15) is 0 Å². The number of nitrogens with one attached hydrogen (secondary N) is 2. The van der Waals surface area contributed by atoms with E-state index in [0.29, 0.717) is 23.8 Å². The number of nitrogens with two attached hydrogens (primary N) is 1. The minimum atomic E-state index is 0.235. The van der Waals surface area contributed by atoms with E-state index in [2.05, 4.69) is 53.4 Å². The molecule has 7 nitrogen and oxygen atoms in total. The largest absolute Gasteiger partial charge is 0.354 e. The van der Waals surface area contributed by atoms with Crippen LogP contribution in [-0.2, 0) is 0 Å². The Balaban J connectivity index is 2.80. The van der Waals surface area contributed by atoms with Crippen molar-refractivity contribution >= 4 is 17.8 Å². The van der Waals surface area contributed by atoms with Crippen LogP contribution in [0.4, 0.5) is 17.8 Å². The van der Waals surface area contributed by atoms with Crippen molar-refractivity contribution in [1.82, 2.24) is 15.0 Å². The number of nitrogen functional groups attached to an aromatic ring is 1. The summed E-state index contributed by atoms with van der Waals surface area (Å²) in [5, 5.41) is 3.24. The maximum absolute atomic E-state index is 5.36. The molecule has 0 aliphatic carbocycles. The molecular weight excluding hydrogens is 242 g/mol. The summed E-state index contributed by atoms with van der Waals surface area (Å²) in [6, 6.07) is 0. The quantitative estimate of drug-likeness (QED) is 0.547. The lowest BCUT2D eigenvalue weighted by Crippen LogP contribution is -2.26. The minimum Gasteiger partial charge on any atom is -0.354 e. The molecule has 0 bridgehead atoms. The SMILES string of the molecule is CC(CNc1nc(NN)nc(N(C)C)n1)C(C)(C)C. The molecule has 1 unspecified atom stereocenters. The predicted molar refractivity (Wildman–Crippen MR) is 79.1 cm³/mol. The van der Waals surface area contributed by atoms with E-state index in [-0.39, 0.29) is 5.41 Å². The fraction of sp³-hybridized carbons (Fsp3) is 0.750. The van der Waals surface area contributed by atoms with Crippen LogP contribution < -0.4 is 21.5 Å². The van der Waals surface area contributed by atoms with Crippen LogP contribution in [0.25, 0.3) is 0 Å². The Kier molecular flexibility index (Phi) is 4.88. The molecule has 0 fully saturated rings. The second kappa shape index (κ2) is 6.01. The summed E-state index contributed by atoms with van der Waals surface area (Å²) in [5.74, 6) is 7.30. The zero-order valence-electron chi connectivity index (χ0n) is 12.7. The molecule has 7 heteroatoms. The third kappa shape index (κ3) is 4.51. The van der Waals surface area contributed by atoms with Crippen LogP contribution >= 0.6 is 0 Å². The summed E-state index contributed by atoms with van der Waals surface area (Å²) in [4.78, 5) is 14.5. The van der Waals surface area contributed by atoms with Gasteiger partial charge in [0.05, 0.1) is 0 Å². The van der Waals surface area contributed by atoms with E-state index in [1.54, 1.807) is 4.90 Å². The molecule has 0 radical (unpaired) electrons. The Morgan fingerprint density at radius 1 is 1.16 bits per heavy atom. The van der Waals surface area contributed by atoms with E-state index >= 15 is 0 Å². The van der Waals surface area contributed by atoms with Crippen LogP contribution in [0.5, 0.6) is 0 Å². The first-order valence-corrected chi connectivity index (χ1v) is 6.38. The lowest BCUT2D eigenvalue weighted by Gasteiger charge is -2.27. The van der Waals surface area contributed by atoms with Gasteiger partial charge in [-0.2, -0.15) is 15.0 Å². The van der Waals surface area contributed by atoms with E-state index in [0.717, 1.165) is 6.54 Å². The van der Waals surface area contributed by atoms with Gasteiger partial charge in [-0.25, -0.2) is 5.84 Å². The molecule has 0 aromatic carbocycles. The van der Waals surface area contributed by atoms with E-state index in [1.807, 2.05) is 14.1 Å². The van der Waals surface area contributed by atoms with Gasteiger partial charge in [-0.1, -0.05) is 27.7 Å². The normalized spacial score (nSPS) is 13.0. The summed E-state index contributed by atoms with van der Waals surface area (Å²) >= 11 is 0. The van der Waals surface area contributed by atoms with Crippen molar-refractivity contribution in [3.05, 3.63) is 0 Å². The maximum atomic E-state index is 5.36. The van der Waals surface area contributed by atoms with Crippen molar-refractivity contribution in [3.8, 4) is 0 Å². The highest BCUT2D eigenvalue weighted by Crippen LogP contribution is 2.25. The van der Waals surface area contributed by atoms with Crippen molar-refractivity contribution in [2.24, 2.45) is 17.2 Å². The van der Waals surface area contributed by atoms with E-state index < -0.39 is 0 Å². The molecule has 4 N–H and O–H groups in total. The van der Waals surface area contributed by atoms with Crippen LogP contribution in [0.3, 0.4) is 0 Å². The van der Waals surface area contributed by atoms with Crippen LogP contribution in [0.2, 0.25) is 0 Å². The summed E-state index contributed by atoms with van der Waals surface area (Å²) in [7, 11) is 3.74. The smallest absolute Gasteiger partial charge is 0.243 e. The van der Waals surface area contributed by atoms with Crippen molar-refractivity contribution in [2.45, 2.75) is 27.7 Å². The molecule has 108 valence electrons. The Labute approximate surface area is 115 Å². The summed E-state index contributed by atoms with van der Waals surface area (Å²) in [6.07, 6.45) is 0. The second-order valence-corrected chi connectivity index (χ2v) is 5.97. The molecule has 1 heterocycles. The Morgan fingerprint density at radius 3 is 2.21 bits per heavy atom. The number of rotatable bonds is 5. The fourth-order valence-electron chi connectivity index (χ4n) is 1.26. The van der Waals surface area contributed by atoms with Crippen LogP contribution in [0, 0.1) is 11.3 Å². The number of hydrazine groups is 1. The highest BCUT2D eigenvalue weighted by atomic mass is 15.4. The molecule has 0 aliphatic heterocycles. The number of nitrogens with zero attached hydrogens (tertiary/aromatic N) is 4. The molecule has 0 saturated heterocycles. The highest BCUT2D eigenvalue weighted by molar-refractivity contribution is 5.42. The number of anilines is 3. The van der Waals surface area contributed by atoms with Crippen LogP contribution in [0.15, 0.2) is 0 Å². The lowest BCUT2D eigenvalue weighted by atomic mass is 9.82. The monoisotopic (exact) mass is 267 g/mol. The zero-order valence-corrected chi connectivity index (χ0v) is 12.7. The molecule has 1 aromatic heterocycles. The van der Waals surface area contributed by atoms with E-state index in [1.165, 1.54) is 0 Å². The average molecular weight is 267 g/mol. The number of aromatic nitrogens is 3. The Morgan fingerprint density at radius 2 is 1.74 bits per heavy atom. The molecule has 0 amide bonds. The van der Waals surface area contributed by atoms with Gasteiger partial charge in [-0.3, -0.25) is 5.43 Å². The second-order valence-electron chi connectivity index (χ2n) is 5.97. The van der Waals surface area contributed by atoms with Crippen LogP contribution in [0.1, 0.15) is 27.7 Å². The topological polar surface area (TPSA) is 92.0 Å². The van der Waals surface area contributed by atoms with E-state index in [9.17, 15) is 0 Å². The third-order valence-electron chi connectivity index (χ3n) is 3.20. The molecule has 19 heavy (non-hydrogen) atoms. The number of hydrogen-bond acceptors (Lipinski definition) is 7. The van der Waals surface area contributed by atoms with Gasteiger partial charge in [0.25, 0.3) is 0 Å². The van der Waals surface area contributed by atoms with Gasteiger partial charge in [0, 0.05) is 20.6 Å². The molecule has 0 spiro atoms. The summed E-state index contributed by atoms with van der Waals surface area (Å²) in [5.41, 5.74) is 2.69. The molecule has 1 aromatic rings. The third-order valence-corrected chi connectivity index (χ3v) is 3.20. The summed E-state index contributed by atoms with van der Waals surface area (Å²) < 4.78 is 0. The zero-order chi connectivity index (χ0) is 14.6. The molecule has 1 atom stereocenters. The Hall–Kier alpha value is -1.63. The molecule has 0 aliphatic rings. The Bertz CT molecular complexity index is 411. The first-order chi connectivity index (χ1) is 8.74. The average Bonchev–Trinajstić information content (AvgIpc) is 2.34. The van der Waals surface area contributed by atoms with E-state index in [4.69, 9.17) is 5.84 Å². The standard InChI is InChI=1S/C12H25N7/c1-8(12(2,3)4)7-14-9-15-10(18-13)17-11(16-9)19(5)6/h8H,7,13H2,1-6H3,(H2,14,15,16,17,18). The van der Waals surface area contributed by atoms with Gasteiger partial charge in [-0.15, -0.1) is 0 Å². The van der Waals surface area contributed by atoms with Crippen LogP contribution in [-0.4, -0.2) is 35.6 Å². The first-order valence-electron chi connectivity index (χ1n) is 6.38. The van der Waals surface area contributed by atoms with Crippen molar-refractivity contribution < 1.29 is 0 Å². The summed E-state index contributed by atoms with van der Waals surface area (Å²) in [6.45, 7) is 9.63. The van der Waals surface area contributed by atoms with Gasteiger partial charge in [0.2, 0.25) is 17.8 Å². The van der Waals surface area contributed by atoms with Gasteiger partial charge >= 0.3 is 0 Å². The number of hydrogen-bond donors (Lipinski definition) is 3. The van der Waals surface area contributed by atoms with Crippen molar-refractivity contribution in [2.75, 3.05) is 36.3 Å². The van der Waals surface area contributed by atoms with Gasteiger partial charge in [0.15, 0.2) is 0 Å². The van der Waals surface area contributed by atoms with Gasteiger partial charge < -0.3 is 10.2 Å². The minimum absolute atomic E-state index is 0.235. The first kappa shape index (κ1) is 15.4. The van der Waals surface area contributed by atoms with Crippen molar-refractivity contribution in [3.63, 3.8) is 0 Å². The van der Waals surface area contributed by atoms with Crippen molar-refractivity contribution in [1.29, 1.82) is 0 Å². The predicted octanol–water partition coefficient (Wildman–Crippen LogP) is 1.32. The fourth-order valence-corrected chi connectivity index (χ4v) is 1.26. The van der Waals surface area contributed by atoms with Gasteiger partial charge in [-0.05, 0) is 11.3 Å². The lowest BCUT2D eigenvalue weighted by molar-refractivity contribution is 0.274. The maximum Gasteiger partial charge on any atom is 0.243 e.